The second kappa shape index (κ2) is 5.49. The number of aryl methyl sites for hydroxylation is 2. The highest BCUT2D eigenvalue weighted by atomic mass is 16.2. The predicted molar refractivity (Wildman–Crippen MR) is 77.4 cm³/mol. The SMILES string of the molecule is Cc1nccn1CC(=O)N[C@H]1CCc2ccccc2C1. The molecular formula is C16H19N3O. The molecule has 0 aliphatic heterocycles. The molecule has 1 N–H and O–H groups in total. The monoisotopic (exact) mass is 269 g/mol. The van der Waals surface area contributed by atoms with E-state index < -0.39 is 0 Å². The molecule has 1 amide bonds. The van der Waals surface area contributed by atoms with Crippen LogP contribution in [-0.2, 0) is 24.2 Å². The van der Waals surface area contributed by atoms with E-state index in [0.29, 0.717) is 6.54 Å². The van der Waals surface area contributed by atoms with E-state index in [1.807, 2.05) is 17.7 Å². The average Bonchev–Trinajstić information content (AvgIpc) is 2.84. The Labute approximate surface area is 118 Å². The molecule has 1 aliphatic carbocycles. The van der Waals surface area contributed by atoms with Crippen molar-refractivity contribution in [1.82, 2.24) is 14.9 Å². The Bertz CT molecular complexity index is 618. The van der Waals surface area contributed by atoms with Crippen molar-refractivity contribution in [1.29, 1.82) is 0 Å². The number of carbonyl (C=O) groups is 1. The summed E-state index contributed by atoms with van der Waals surface area (Å²) in [5.74, 6) is 0.935. The first-order chi connectivity index (χ1) is 9.72. The Morgan fingerprint density at radius 2 is 2.20 bits per heavy atom. The van der Waals surface area contributed by atoms with Gasteiger partial charge < -0.3 is 9.88 Å². The molecule has 0 radical (unpaired) electrons. The maximum atomic E-state index is 12.1. The van der Waals surface area contributed by atoms with Gasteiger partial charge in [0.15, 0.2) is 0 Å². The zero-order valence-electron chi connectivity index (χ0n) is 11.7. The van der Waals surface area contributed by atoms with Crippen LogP contribution in [0.1, 0.15) is 23.4 Å². The van der Waals surface area contributed by atoms with Crippen molar-refractivity contribution in [2.24, 2.45) is 0 Å². The zero-order valence-corrected chi connectivity index (χ0v) is 11.7. The molecular weight excluding hydrogens is 250 g/mol. The number of nitrogens with zero attached hydrogens (tertiary/aromatic N) is 2. The van der Waals surface area contributed by atoms with Crippen LogP contribution in [-0.4, -0.2) is 21.5 Å². The van der Waals surface area contributed by atoms with Gasteiger partial charge in [0.05, 0.1) is 0 Å². The summed E-state index contributed by atoms with van der Waals surface area (Å²) in [6, 6.07) is 8.74. The molecule has 1 atom stereocenters. The molecule has 0 fully saturated rings. The van der Waals surface area contributed by atoms with Crippen LogP contribution in [0.4, 0.5) is 0 Å². The quantitative estimate of drug-likeness (QED) is 0.924. The van der Waals surface area contributed by atoms with Gasteiger partial charge >= 0.3 is 0 Å². The van der Waals surface area contributed by atoms with E-state index in [1.165, 1.54) is 11.1 Å². The van der Waals surface area contributed by atoms with Gasteiger partial charge in [-0.15, -0.1) is 0 Å². The number of nitrogens with one attached hydrogen (secondary N) is 1. The molecule has 2 aromatic rings. The van der Waals surface area contributed by atoms with E-state index in [4.69, 9.17) is 0 Å². The van der Waals surface area contributed by atoms with E-state index in [9.17, 15) is 4.79 Å². The minimum atomic E-state index is 0.0653. The third-order valence-electron chi connectivity index (χ3n) is 3.95. The molecule has 104 valence electrons. The van der Waals surface area contributed by atoms with E-state index in [2.05, 4.69) is 34.6 Å². The van der Waals surface area contributed by atoms with Gasteiger partial charge in [0, 0.05) is 18.4 Å². The third-order valence-corrected chi connectivity index (χ3v) is 3.95. The van der Waals surface area contributed by atoms with Gasteiger partial charge in [0.25, 0.3) is 0 Å². The van der Waals surface area contributed by atoms with E-state index in [-0.39, 0.29) is 11.9 Å². The number of hydrogen-bond acceptors (Lipinski definition) is 2. The number of hydrogen-bond donors (Lipinski definition) is 1. The van der Waals surface area contributed by atoms with Crippen LogP contribution < -0.4 is 5.32 Å². The minimum absolute atomic E-state index is 0.0653. The zero-order chi connectivity index (χ0) is 13.9. The lowest BCUT2D eigenvalue weighted by Crippen LogP contribution is -2.40. The average molecular weight is 269 g/mol. The Kier molecular flexibility index (Phi) is 3.54. The topological polar surface area (TPSA) is 46.9 Å². The summed E-state index contributed by atoms with van der Waals surface area (Å²) >= 11 is 0. The number of fused-ring (bicyclic) bond motifs is 1. The van der Waals surface area contributed by atoms with Crippen molar-refractivity contribution in [2.45, 2.75) is 38.8 Å². The van der Waals surface area contributed by atoms with Crippen molar-refractivity contribution in [3.05, 3.63) is 53.6 Å². The maximum absolute atomic E-state index is 12.1. The van der Waals surface area contributed by atoms with Crippen LogP contribution in [0.25, 0.3) is 0 Å². The van der Waals surface area contributed by atoms with Crippen molar-refractivity contribution in [3.8, 4) is 0 Å². The summed E-state index contributed by atoms with van der Waals surface area (Å²) in [5.41, 5.74) is 2.78. The van der Waals surface area contributed by atoms with Crippen LogP contribution in [0.3, 0.4) is 0 Å². The van der Waals surface area contributed by atoms with Crippen molar-refractivity contribution < 1.29 is 4.79 Å². The highest BCUT2D eigenvalue weighted by Crippen LogP contribution is 2.20. The van der Waals surface area contributed by atoms with E-state index >= 15 is 0 Å². The summed E-state index contributed by atoms with van der Waals surface area (Å²) in [4.78, 5) is 16.2. The van der Waals surface area contributed by atoms with Gasteiger partial charge in [-0.05, 0) is 37.3 Å². The van der Waals surface area contributed by atoms with E-state index in [1.54, 1.807) is 6.20 Å². The van der Waals surface area contributed by atoms with Crippen molar-refractivity contribution in [2.75, 3.05) is 0 Å². The lowest BCUT2D eigenvalue weighted by Gasteiger charge is -2.25. The first kappa shape index (κ1) is 12.9. The van der Waals surface area contributed by atoms with Gasteiger partial charge in [0.2, 0.25) is 5.91 Å². The first-order valence-electron chi connectivity index (χ1n) is 7.06. The first-order valence-corrected chi connectivity index (χ1v) is 7.06. The second-order valence-electron chi connectivity index (χ2n) is 5.38. The molecule has 0 saturated carbocycles. The van der Waals surface area contributed by atoms with E-state index in [0.717, 1.165) is 25.1 Å². The second-order valence-corrected chi connectivity index (χ2v) is 5.38. The normalized spacial score (nSPS) is 17.6. The molecule has 4 heteroatoms. The van der Waals surface area contributed by atoms with Crippen LogP contribution in [0.15, 0.2) is 36.7 Å². The number of benzene rings is 1. The molecule has 1 heterocycles. The summed E-state index contributed by atoms with van der Waals surface area (Å²) in [6.45, 7) is 2.26. The summed E-state index contributed by atoms with van der Waals surface area (Å²) in [7, 11) is 0. The van der Waals surface area contributed by atoms with Crippen molar-refractivity contribution in [3.63, 3.8) is 0 Å². The minimum Gasteiger partial charge on any atom is -0.351 e. The Morgan fingerprint density at radius 3 is 2.95 bits per heavy atom. The molecule has 3 rings (SSSR count). The van der Waals surface area contributed by atoms with Gasteiger partial charge in [-0.1, -0.05) is 24.3 Å². The molecule has 1 aromatic heterocycles. The van der Waals surface area contributed by atoms with Gasteiger partial charge in [-0.25, -0.2) is 4.98 Å². The van der Waals surface area contributed by atoms with Crippen LogP contribution in [0.2, 0.25) is 0 Å². The molecule has 0 spiro atoms. The molecule has 0 unspecified atom stereocenters. The fourth-order valence-electron chi connectivity index (χ4n) is 2.82. The fraction of sp³-hybridized carbons (Fsp3) is 0.375. The number of imidazole rings is 1. The Hall–Kier alpha value is -2.10. The molecule has 20 heavy (non-hydrogen) atoms. The van der Waals surface area contributed by atoms with Crippen LogP contribution >= 0.6 is 0 Å². The maximum Gasteiger partial charge on any atom is 0.240 e. The van der Waals surface area contributed by atoms with Gasteiger partial charge in [-0.3, -0.25) is 4.79 Å². The smallest absolute Gasteiger partial charge is 0.240 e. The standard InChI is InChI=1S/C16H19N3O/c1-12-17-8-9-19(12)11-16(20)18-15-7-6-13-4-2-3-5-14(13)10-15/h2-5,8-9,15H,6-7,10-11H2,1H3,(H,18,20)/t15-/m0/s1. The third kappa shape index (κ3) is 2.74. The Balaban J connectivity index is 1.59. The van der Waals surface area contributed by atoms with Gasteiger partial charge in [0.1, 0.15) is 12.4 Å². The molecule has 0 bridgehead atoms. The predicted octanol–water partition coefficient (Wildman–Crippen LogP) is 1.87. The summed E-state index contributed by atoms with van der Waals surface area (Å²) < 4.78 is 1.87. The van der Waals surface area contributed by atoms with Crippen LogP contribution in [0.5, 0.6) is 0 Å². The number of rotatable bonds is 3. The number of carbonyl (C=O) groups excluding carboxylic acids is 1. The summed E-state index contributed by atoms with van der Waals surface area (Å²) in [5, 5.41) is 3.14. The molecule has 4 nitrogen and oxygen atoms in total. The number of amides is 1. The lowest BCUT2D eigenvalue weighted by atomic mass is 9.88. The van der Waals surface area contributed by atoms with Crippen molar-refractivity contribution >= 4 is 5.91 Å². The van der Waals surface area contributed by atoms with Crippen LogP contribution in [0, 0.1) is 6.92 Å². The molecule has 1 aliphatic rings. The largest absolute Gasteiger partial charge is 0.351 e. The number of aromatic nitrogens is 2. The molecule has 0 saturated heterocycles. The molecule has 1 aromatic carbocycles. The van der Waals surface area contributed by atoms with Gasteiger partial charge in [-0.2, -0.15) is 0 Å². The lowest BCUT2D eigenvalue weighted by molar-refractivity contribution is -0.122. The highest BCUT2D eigenvalue weighted by molar-refractivity contribution is 5.76. The highest BCUT2D eigenvalue weighted by Gasteiger charge is 2.19. The Morgan fingerprint density at radius 1 is 1.40 bits per heavy atom. The fourth-order valence-corrected chi connectivity index (χ4v) is 2.82. The summed E-state index contributed by atoms with van der Waals surface area (Å²) in [6.07, 6.45) is 6.56.